The van der Waals surface area contributed by atoms with Gasteiger partial charge in [-0.05, 0) is 42.8 Å². The van der Waals surface area contributed by atoms with Crippen molar-refractivity contribution < 1.29 is 13.2 Å². The summed E-state index contributed by atoms with van der Waals surface area (Å²) >= 11 is 6.96. The van der Waals surface area contributed by atoms with E-state index in [0.717, 1.165) is 22.6 Å². The van der Waals surface area contributed by atoms with E-state index in [2.05, 4.69) is 5.32 Å². The van der Waals surface area contributed by atoms with E-state index in [9.17, 15) is 13.2 Å². The molecule has 1 aromatic heterocycles. The largest absolute Gasteiger partial charge is 0.396 e. The molecule has 8 heteroatoms. The van der Waals surface area contributed by atoms with Crippen molar-refractivity contribution in [1.82, 2.24) is 0 Å². The third-order valence-electron chi connectivity index (χ3n) is 4.93. The molecule has 0 saturated heterocycles. The van der Waals surface area contributed by atoms with Crippen LogP contribution in [0.1, 0.15) is 20.8 Å². The zero-order valence-corrected chi connectivity index (χ0v) is 19.4. The number of nitrogens with two attached hydrogens (primary N) is 1. The Hall–Kier alpha value is -3.13. The first-order chi connectivity index (χ1) is 15.3. The van der Waals surface area contributed by atoms with E-state index in [4.69, 9.17) is 17.3 Å². The second kappa shape index (κ2) is 8.78. The normalized spacial score (nSPS) is 11.3. The highest BCUT2D eigenvalue weighted by Crippen LogP contribution is 2.44. The van der Waals surface area contributed by atoms with Crippen LogP contribution in [0.5, 0.6) is 0 Å². The third kappa shape index (κ3) is 4.14. The first-order valence-corrected chi connectivity index (χ1v) is 12.3. The molecule has 3 N–H and O–H groups in total. The van der Waals surface area contributed by atoms with Crippen LogP contribution in [0.2, 0.25) is 5.02 Å². The molecule has 0 spiro atoms. The van der Waals surface area contributed by atoms with Crippen LogP contribution < -0.4 is 11.1 Å². The minimum absolute atomic E-state index is 0.0398. The van der Waals surface area contributed by atoms with Crippen LogP contribution in [0.15, 0.2) is 88.7 Å². The molecule has 4 rings (SSSR count). The highest BCUT2D eigenvalue weighted by molar-refractivity contribution is 7.92. The van der Waals surface area contributed by atoms with Crippen LogP contribution in [-0.4, -0.2) is 14.2 Å². The number of nitrogen functional groups attached to an aromatic ring is 1. The Morgan fingerprint density at radius 1 is 0.938 bits per heavy atom. The summed E-state index contributed by atoms with van der Waals surface area (Å²) in [5.74, 6) is -0.335. The lowest BCUT2D eigenvalue weighted by atomic mass is 10.1. The van der Waals surface area contributed by atoms with Crippen LogP contribution in [0, 0.1) is 6.92 Å². The molecule has 0 aliphatic heterocycles. The summed E-state index contributed by atoms with van der Waals surface area (Å²) in [6, 6.07) is 21.9. The average Bonchev–Trinajstić information content (AvgIpc) is 3.12. The number of hydrogen-bond acceptors (Lipinski definition) is 6. The Balaban J connectivity index is 1.90. The lowest BCUT2D eigenvalue weighted by Gasteiger charge is -2.11. The quantitative estimate of drug-likeness (QED) is 0.324. The molecule has 0 radical (unpaired) electrons. The van der Waals surface area contributed by atoms with Crippen LogP contribution in [0.25, 0.3) is 0 Å². The second-order valence-electron chi connectivity index (χ2n) is 7.10. The number of hydrogen-bond donors (Lipinski definition) is 2. The van der Waals surface area contributed by atoms with Gasteiger partial charge in [0.25, 0.3) is 0 Å². The number of ketones is 1. The van der Waals surface area contributed by atoms with E-state index in [-0.39, 0.29) is 31.1 Å². The number of rotatable bonds is 6. The van der Waals surface area contributed by atoms with E-state index >= 15 is 0 Å². The van der Waals surface area contributed by atoms with Gasteiger partial charge in [-0.15, -0.1) is 11.3 Å². The van der Waals surface area contributed by atoms with Crippen molar-refractivity contribution in [1.29, 1.82) is 0 Å². The van der Waals surface area contributed by atoms with E-state index in [1.807, 2.05) is 31.2 Å². The smallest absolute Gasteiger partial charge is 0.211 e. The number of aryl methyl sites for hydroxylation is 1. The van der Waals surface area contributed by atoms with Crippen molar-refractivity contribution in [2.75, 3.05) is 11.1 Å². The maximum atomic E-state index is 13.6. The summed E-state index contributed by atoms with van der Waals surface area (Å²) in [7, 11) is -4.03. The molecule has 0 saturated carbocycles. The van der Waals surface area contributed by atoms with Crippen LogP contribution in [0.3, 0.4) is 0 Å². The van der Waals surface area contributed by atoms with Gasteiger partial charge in [0, 0.05) is 16.3 Å². The van der Waals surface area contributed by atoms with Crippen molar-refractivity contribution in [3.63, 3.8) is 0 Å². The molecule has 3 aromatic carbocycles. The number of halogens is 1. The Labute approximate surface area is 195 Å². The Morgan fingerprint density at radius 3 is 2.22 bits per heavy atom. The molecule has 0 aliphatic carbocycles. The van der Waals surface area contributed by atoms with Gasteiger partial charge in [-0.3, -0.25) is 4.79 Å². The van der Waals surface area contributed by atoms with Crippen LogP contribution >= 0.6 is 22.9 Å². The predicted molar refractivity (Wildman–Crippen MR) is 130 cm³/mol. The van der Waals surface area contributed by atoms with Gasteiger partial charge in [0.2, 0.25) is 15.6 Å². The molecule has 0 bridgehead atoms. The first kappa shape index (κ1) is 22.1. The minimum Gasteiger partial charge on any atom is -0.396 e. The topological polar surface area (TPSA) is 89.3 Å². The number of anilines is 3. The fourth-order valence-electron chi connectivity index (χ4n) is 3.23. The van der Waals surface area contributed by atoms with Crippen molar-refractivity contribution >= 4 is 54.9 Å². The fraction of sp³-hybridized carbons (Fsp3) is 0.0417. The molecular formula is C24H19ClN2O3S2. The predicted octanol–water partition coefficient (Wildman–Crippen LogP) is 6.10. The Kier molecular flexibility index (Phi) is 6.06. The zero-order valence-electron chi connectivity index (χ0n) is 17.0. The molecule has 0 unspecified atom stereocenters. The third-order valence-corrected chi connectivity index (χ3v) is 8.28. The minimum atomic E-state index is -4.03. The highest BCUT2D eigenvalue weighted by atomic mass is 35.5. The van der Waals surface area contributed by atoms with Gasteiger partial charge in [0.05, 0.1) is 10.6 Å². The molecule has 0 amide bonds. The summed E-state index contributed by atoms with van der Waals surface area (Å²) < 4.78 is 27.1. The molecular weight excluding hydrogens is 464 g/mol. The molecule has 162 valence electrons. The number of sulfone groups is 1. The maximum Gasteiger partial charge on any atom is 0.211 e. The van der Waals surface area contributed by atoms with Gasteiger partial charge in [0.1, 0.15) is 14.8 Å². The number of nitrogens with one attached hydrogen (secondary N) is 1. The number of benzene rings is 3. The molecule has 32 heavy (non-hydrogen) atoms. The van der Waals surface area contributed by atoms with Gasteiger partial charge in [-0.25, -0.2) is 8.42 Å². The Morgan fingerprint density at radius 2 is 1.56 bits per heavy atom. The first-order valence-electron chi connectivity index (χ1n) is 9.64. The molecule has 5 nitrogen and oxygen atoms in total. The van der Waals surface area contributed by atoms with E-state index in [1.165, 1.54) is 24.3 Å². The summed E-state index contributed by atoms with van der Waals surface area (Å²) in [4.78, 5) is 13.2. The van der Waals surface area contributed by atoms with Crippen molar-refractivity contribution in [2.24, 2.45) is 0 Å². The summed E-state index contributed by atoms with van der Waals surface area (Å²) in [6.45, 7) is 1.91. The SMILES string of the molecule is Cc1ccccc1Nc1sc(C(=O)c2ccccc2)c(N)c1S(=O)(=O)c1ccc(Cl)cc1. The number of para-hydroxylation sites is 1. The summed E-state index contributed by atoms with van der Waals surface area (Å²) in [6.07, 6.45) is 0. The second-order valence-corrected chi connectivity index (χ2v) is 10.4. The monoisotopic (exact) mass is 482 g/mol. The van der Waals surface area contributed by atoms with Gasteiger partial charge in [0.15, 0.2) is 0 Å². The molecule has 4 aromatic rings. The standard InChI is InChI=1S/C24H19ClN2O3S2/c1-15-7-5-6-10-19(15)27-24-23(32(29,30)18-13-11-17(25)12-14-18)20(26)22(31-24)21(28)16-8-3-2-4-9-16/h2-14,27H,26H2,1H3. The molecule has 1 heterocycles. The molecule has 0 atom stereocenters. The van der Waals surface area contributed by atoms with Gasteiger partial charge < -0.3 is 11.1 Å². The lowest BCUT2D eigenvalue weighted by molar-refractivity contribution is 0.104. The molecule has 0 aliphatic rings. The van der Waals surface area contributed by atoms with E-state index in [0.29, 0.717) is 10.6 Å². The lowest BCUT2D eigenvalue weighted by Crippen LogP contribution is -2.08. The summed E-state index contributed by atoms with van der Waals surface area (Å²) in [5, 5.41) is 3.88. The van der Waals surface area contributed by atoms with Crippen LogP contribution in [0.4, 0.5) is 16.4 Å². The zero-order chi connectivity index (χ0) is 22.9. The van der Waals surface area contributed by atoms with Gasteiger partial charge in [-0.1, -0.05) is 60.1 Å². The van der Waals surface area contributed by atoms with Gasteiger partial charge >= 0.3 is 0 Å². The van der Waals surface area contributed by atoms with Crippen molar-refractivity contribution in [3.05, 3.63) is 99.9 Å². The van der Waals surface area contributed by atoms with Crippen LogP contribution in [-0.2, 0) is 9.84 Å². The average molecular weight is 483 g/mol. The number of thiophene rings is 1. The number of carbonyl (C=O) groups is 1. The maximum absolute atomic E-state index is 13.6. The highest BCUT2D eigenvalue weighted by Gasteiger charge is 2.31. The Bertz CT molecular complexity index is 1400. The van der Waals surface area contributed by atoms with E-state index in [1.54, 1.807) is 30.3 Å². The van der Waals surface area contributed by atoms with Crippen molar-refractivity contribution in [3.8, 4) is 0 Å². The summed E-state index contributed by atoms with van der Waals surface area (Å²) in [5.41, 5.74) is 8.33. The van der Waals surface area contributed by atoms with Gasteiger partial charge in [-0.2, -0.15) is 0 Å². The fourth-order valence-corrected chi connectivity index (χ4v) is 6.29. The van der Waals surface area contributed by atoms with Crippen molar-refractivity contribution in [2.45, 2.75) is 16.7 Å². The molecule has 0 fully saturated rings. The van der Waals surface area contributed by atoms with E-state index < -0.39 is 9.84 Å². The number of carbonyl (C=O) groups excluding carboxylic acids is 1.